The maximum absolute atomic E-state index is 5.81. The Morgan fingerprint density at radius 1 is 1.30 bits per heavy atom. The van der Waals surface area contributed by atoms with Gasteiger partial charge in [-0.2, -0.15) is 0 Å². The second kappa shape index (κ2) is 8.50. The van der Waals surface area contributed by atoms with Gasteiger partial charge < -0.3 is 19.4 Å². The summed E-state index contributed by atoms with van der Waals surface area (Å²) >= 11 is 5.65. The molecule has 0 bridgehead atoms. The summed E-state index contributed by atoms with van der Waals surface area (Å²) in [7, 11) is 0. The van der Waals surface area contributed by atoms with Crippen LogP contribution in [0.25, 0.3) is 0 Å². The molecule has 3 rings (SSSR count). The first-order chi connectivity index (χ1) is 11.3. The van der Waals surface area contributed by atoms with Crippen LogP contribution in [0.3, 0.4) is 0 Å². The highest BCUT2D eigenvalue weighted by Gasteiger charge is 2.23. The fraction of sp³-hybridized carbons (Fsp3) is 0.611. The standard InChI is InChI=1S/C18H26N2O2S/c23-18(19-12-16-8-4-10-21-16)20(14-17-9-5-11-22-17)13-15-6-2-1-3-7-15/h1-2,4,8,10,15,17H,3,5-7,9,11-14H2,(H,19,23)/t15-,17-/m0/s1. The highest BCUT2D eigenvalue weighted by Crippen LogP contribution is 2.21. The molecule has 1 aliphatic carbocycles. The number of furan rings is 1. The largest absolute Gasteiger partial charge is 0.467 e. The van der Waals surface area contributed by atoms with Gasteiger partial charge in [-0.25, -0.2) is 0 Å². The monoisotopic (exact) mass is 334 g/mol. The Morgan fingerprint density at radius 3 is 2.96 bits per heavy atom. The van der Waals surface area contributed by atoms with Gasteiger partial charge in [0.05, 0.1) is 18.9 Å². The first-order valence-corrected chi connectivity index (χ1v) is 9.04. The summed E-state index contributed by atoms with van der Waals surface area (Å²) in [6, 6.07) is 3.87. The zero-order valence-corrected chi connectivity index (χ0v) is 14.4. The zero-order valence-electron chi connectivity index (χ0n) is 13.6. The summed E-state index contributed by atoms with van der Waals surface area (Å²) in [4.78, 5) is 2.30. The van der Waals surface area contributed by atoms with Crippen molar-refractivity contribution in [3.8, 4) is 0 Å². The van der Waals surface area contributed by atoms with Gasteiger partial charge in [-0.05, 0) is 62.4 Å². The highest BCUT2D eigenvalue weighted by molar-refractivity contribution is 7.80. The summed E-state index contributed by atoms with van der Waals surface area (Å²) in [5, 5.41) is 4.15. The number of nitrogens with zero attached hydrogens (tertiary/aromatic N) is 1. The molecule has 0 saturated carbocycles. The lowest BCUT2D eigenvalue weighted by atomic mass is 9.94. The van der Waals surface area contributed by atoms with E-state index < -0.39 is 0 Å². The molecule has 0 unspecified atom stereocenters. The van der Waals surface area contributed by atoms with Crippen molar-refractivity contribution in [1.29, 1.82) is 0 Å². The van der Waals surface area contributed by atoms with Crippen molar-refractivity contribution in [3.05, 3.63) is 36.3 Å². The Morgan fingerprint density at radius 2 is 2.26 bits per heavy atom. The predicted octanol–water partition coefficient (Wildman–Crippen LogP) is 3.49. The van der Waals surface area contributed by atoms with E-state index in [-0.39, 0.29) is 0 Å². The molecule has 1 saturated heterocycles. The minimum absolute atomic E-state index is 0.317. The first kappa shape index (κ1) is 16.5. The van der Waals surface area contributed by atoms with Crippen molar-refractivity contribution in [2.75, 3.05) is 19.7 Å². The van der Waals surface area contributed by atoms with Crippen LogP contribution < -0.4 is 5.32 Å². The van der Waals surface area contributed by atoms with Gasteiger partial charge >= 0.3 is 0 Å². The Labute approximate surface area is 143 Å². The van der Waals surface area contributed by atoms with E-state index in [0.29, 0.717) is 18.6 Å². The highest BCUT2D eigenvalue weighted by atomic mass is 32.1. The van der Waals surface area contributed by atoms with E-state index in [9.17, 15) is 0 Å². The third-order valence-electron chi connectivity index (χ3n) is 4.59. The van der Waals surface area contributed by atoms with Crippen molar-refractivity contribution in [3.63, 3.8) is 0 Å². The summed E-state index contributed by atoms with van der Waals surface area (Å²) in [6.07, 6.45) is 12.5. The first-order valence-electron chi connectivity index (χ1n) is 8.63. The zero-order chi connectivity index (χ0) is 15.9. The van der Waals surface area contributed by atoms with Crippen LogP contribution in [0.15, 0.2) is 35.0 Å². The molecule has 0 amide bonds. The van der Waals surface area contributed by atoms with Gasteiger partial charge in [0.15, 0.2) is 5.11 Å². The molecule has 1 N–H and O–H groups in total. The molecular weight excluding hydrogens is 308 g/mol. The number of allylic oxidation sites excluding steroid dienone is 2. The molecule has 1 aromatic rings. The number of rotatable bonds is 6. The number of ether oxygens (including phenoxy) is 1. The van der Waals surface area contributed by atoms with E-state index in [2.05, 4.69) is 22.4 Å². The molecule has 0 radical (unpaired) electrons. The van der Waals surface area contributed by atoms with E-state index in [0.717, 1.165) is 49.8 Å². The molecule has 4 nitrogen and oxygen atoms in total. The van der Waals surface area contributed by atoms with Crippen molar-refractivity contribution in [2.45, 2.75) is 44.8 Å². The summed E-state index contributed by atoms with van der Waals surface area (Å²) in [5.41, 5.74) is 0. The SMILES string of the molecule is S=C(NCc1ccco1)N(C[C@H]1CC=CCC1)C[C@@H]1CCCO1. The molecule has 126 valence electrons. The van der Waals surface area contributed by atoms with Crippen molar-refractivity contribution < 1.29 is 9.15 Å². The van der Waals surface area contributed by atoms with Gasteiger partial charge in [-0.3, -0.25) is 0 Å². The molecule has 23 heavy (non-hydrogen) atoms. The average Bonchev–Trinajstić information content (AvgIpc) is 3.26. The number of hydrogen-bond donors (Lipinski definition) is 1. The van der Waals surface area contributed by atoms with Gasteiger partial charge in [0.1, 0.15) is 5.76 Å². The van der Waals surface area contributed by atoms with E-state index in [1.807, 2.05) is 12.1 Å². The minimum atomic E-state index is 0.317. The predicted molar refractivity (Wildman–Crippen MR) is 95.2 cm³/mol. The minimum Gasteiger partial charge on any atom is -0.467 e. The Balaban J connectivity index is 1.55. The molecule has 5 heteroatoms. The third-order valence-corrected chi connectivity index (χ3v) is 4.99. The van der Waals surface area contributed by atoms with Crippen LogP contribution in [0.4, 0.5) is 0 Å². The second-order valence-corrected chi connectivity index (χ2v) is 6.82. The molecule has 1 aliphatic heterocycles. The van der Waals surface area contributed by atoms with Crippen LogP contribution in [-0.2, 0) is 11.3 Å². The summed E-state index contributed by atoms with van der Waals surface area (Å²) in [6.45, 7) is 3.42. The Hall–Kier alpha value is -1.33. The van der Waals surface area contributed by atoms with Gasteiger partial charge in [-0.15, -0.1) is 0 Å². The Kier molecular flexibility index (Phi) is 6.11. The Bertz CT molecular complexity index is 509. The normalized spacial score (nSPS) is 23.8. The van der Waals surface area contributed by atoms with E-state index in [4.69, 9.17) is 21.4 Å². The quantitative estimate of drug-likeness (QED) is 0.637. The average molecular weight is 334 g/mol. The molecule has 1 aromatic heterocycles. The van der Waals surface area contributed by atoms with Crippen LogP contribution in [0.2, 0.25) is 0 Å². The van der Waals surface area contributed by atoms with Crippen LogP contribution in [0.5, 0.6) is 0 Å². The van der Waals surface area contributed by atoms with Gasteiger partial charge in [-0.1, -0.05) is 12.2 Å². The third kappa shape index (κ3) is 5.08. The second-order valence-electron chi connectivity index (χ2n) is 6.43. The van der Waals surface area contributed by atoms with E-state index in [1.165, 1.54) is 12.8 Å². The van der Waals surface area contributed by atoms with Crippen LogP contribution >= 0.6 is 12.2 Å². The summed E-state index contributed by atoms with van der Waals surface area (Å²) < 4.78 is 11.2. The maximum atomic E-state index is 5.81. The fourth-order valence-electron chi connectivity index (χ4n) is 3.30. The maximum Gasteiger partial charge on any atom is 0.169 e. The van der Waals surface area contributed by atoms with Crippen molar-refractivity contribution in [1.82, 2.24) is 10.2 Å². The molecule has 2 atom stereocenters. The van der Waals surface area contributed by atoms with Gasteiger partial charge in [0.25, 0.3) is 0 Å². The van der Waals surface area contributed by atoms with Crippen LogP contribution in [-0.4, -0.2) is 35.8 Å². The van der Waals surface area contributed by atoms with Crippen molar-refractivity contribution in [2.24, 2.45) is 5.92 Å². The molecular formula is C18H26N2O2S. The smallest absolute Gasteiger partial charge is 0.169 e. The van der Waals surface area contributed by atoms with Crippen LogP contribution in [0.1, 0.15) is 37.9 Å². The fourth-order valence-corrected chi connectivity index (χ4v) is 3.52. The number of hydrogen-bond acceptors (Lipinski definition) is 3. The number of nitrogens with one attached hydrogen (secondary N) is 1. The molecule has 2 heterocycles. The van der Waals surface area contributed by atoms with E-state index in [1.54, 1.807) is 6.26 Å². The summed E-state index contributed by atoms with van der Waals surface area (Å²) in [5.74, 6) is 1.59. The molecule has 0 aromatic carbocycles. The molecule has 2 aliphatic rings. The molecule has 0 spiro atoms. The lowest BCUT2D eigenvalue weighted by Crippen LogP contribution is -2.45. The van der Waals surface area contributed by atoms with Gasteiger partial charge in [0.2, 0.25) is 0 Å². The lowest BCUT2D eigenvalue weighted by Gasteiger charge is -2.32. The van der Waals surface area contributed by atoms with E-state index >= 15 is 0 Å². The van der Waals surface area contributed by atoms with Crippen molar-refractivity contribution >= 4 is 17.3 Å². The number of thiocarbonyl (C=S) groups is 1. The molecule has 1 fully saturated rings. The topological polar surface area (TPSA) is 37.6 Å². The lowest BCUT2D eigenvalue weighted by molar-refractivity contribution is 0.0873. The van der Waals surface area contributed by atoms with Crippen LogP contribution in [0, 0.1) is 5.92 Å². The van der Waals surface area contributed by atoms with Gasteiger partial charge in [0, 0.05) is 19.7 Å².